The van der Waals surface area contributed by atoms with Crippen LogP contribution in [-0.2, 0) is 10.0 Å². The van der Waals surface area contributed by atoms with Gasteiger partial charge in [-0.3, -0.25) is 4.79 Å². The molecular formula is C21H25BrN2O4S. The molecule has 6 nitrogen and oxygen atoms in total. The van der Waals surface area contributed by atoms with Gasteiger partial charge in [-0.1, -0.05) is 22.4 Å². The van der Waals surface area contributed by atoms with Gasteiger partial charge in [0.15, 0.2) is 0 Å². The van der Waals surface area contributed by atoms with Crippen molar-refractivity contribution in [3.05, 3.63) is 58.6 Å². The second-order valence-electron chi connectivity index (χ2n) is 7.02. The minimum absolute atomic E-state index is 0.175. The van der Waals surface area contributed by atoms with Gasteiger partial charge in [0.05, 0.1) is 11.4 Å². The number of carbonyl (C=O) groups excluding carboxylic acids is 1. The predicted octanol–water partition coefficient (Wildman–Crippen LogP) is 3.77. The number of rotatable bonds is 7. The Balaban J connectivity index is 1.57. The molecule has 1 aliphatic heterocycles. The molecule has 8 heteroatoms. The summed E-state index contributed by atoms with van der Waals surface area (Å²) in [5, 5.41) is 0. The fourth-order valence-corrected chi connectivity index (χ4v) is 4.96. The molecule has 0 bridgehead atoms. The summed E-state index contributed by atoms with van der Waals surface area (Å²) in [7, 11) is -1.79. The van der Waals surface area contributed by atoms with E-state index in [9.17, 15) is 13.2 Å². The molecule has 2 aromatic rings. The second-order valence-corrected chi connectivity index (χ2v) is 9.87. The van der Waals surface area contributed by atoms with Crippen LogP contribution in [0.4, 0.5) is 0 Å². The Bertz CT molecular complexity index is 924. The lowest BCUT2D eigenvalue weighted by Gasteiger charge is -2.26. The van der Waals surface area contributed by atoms with Gasteiger partial charge in [0.25, 0.3) is 5.91 Å². The van der Waals surface area contributed by atoms with Crippen LogP contribution in [0, 0.1) is 0 Å². The summed E-state index contributed by atoms with van der Waals surface area (Å²) in [6.07, 6.45) is 2.85. The molecule has 0 atom stereocenters. The zero-order valence-electron chi connectivity index (χ0n) is 16.4. The molecule has 0 aromatic heterocycles. The van der Waals surface area contributed by atoms with Crippen LogP contribution < -0.4 is 4.74 Å². The molecule has 1 amide bonds. The third-order valence-electron chi connectivity index (χ3n) is 4.91. The summed E-state index contributed by atoms with van der Waals surface area (Å²) < 4.78 is 33.6. The average Bonchev–Trinajstić information content (AvgIpc) is 2.75. The molecule has 3 rings (SSSR count). The van der Waals surface area contributed by atoms with Crippen LogP contribution in [0.15, 0.2) is 57.9 Å². The molecule has 0 radical (unpaired) electrons. The molecule has 0 spiro atoms. The van der Waals surface area contributed by atoms with E-state index in [4.69, 9.17) is 4.74 Å². The number of likely N-dealkylation sites (N-methyl/N-ethyl adjacent to an activating group) is 1. The molecule has 2 aromatic carbocycles. The van der Waals surface area contributed by atoms with Gasteiger partial charge in [-0.2, -0.15) is 4.31 Å². The van der Waals surface area contributed by atoms with Crippen molar-refractivity contribution < 1.29 is 17.9 Å². The Kier molecular flexibility index (Phi) is 7.32. The monoisotopic (exact) mass is 480 g/mol. The number of carbonyl (C=O) groups is 1. The maximum Gasteiger partial charge on any atom is 0.253 e. The van der Waals surface area contributed by atoms with Crippen molar-refractivity contribution in [2.24, 2.45) is 0 Å². The van der Waals surface area contributed by atoms with E-state index in [1.54, 1.807) is 24.1 Å². The quantitative estimate of drug-likeness (QED) is 0.604. The first kappa shape index (κ1) is 21.8. The van der Waals surface area contributed by atoms with E-state index in [1.165, 1.54) is 16.4 Å². The van der Waals surface area contributed by atoms with Crippen molar-refractivity contribution in [3.8, 4) is 5.75 Å². The van der Waals surface area contributed by atoms with E-state index >= 15 is 0 Å². The zero-order chi connectivity index (χ0) is 20.9. The highest BCUT2D eigenvalue weighted by molar-refractivity contribution is 9.10. The van der Waals surface area contributed by atoms with Gasteiger partial charge in [0.1, 0.15) is 12.4 Å². The van der Waals surface area contributed by atoms with E-state index in [1.807, 2.05) is 24.3 Å². The van der Waals surface area contributed by atoms with Gasteiger partial charge in [0.2, 0.25) is 10.0 Å². The van der Waals surface area contributed by atoms with E-state index in [-0.39, 0.29) is 10.8 Å². The minimum Gasteiger partial charge on any atom is -0.492 e. The number of hydrogen-bond acceptors (Lipinski definition) is 4. The van der Waals surface area contributed by atoms with Crippen LogP contribution in [0.3, 0.4) is 0 Å². The SMILES string of the molecule is CN(CCOc1ccc(Br)cc1)C(=O)c1ccc(S(=O)(=O)N2CCCCC2)cc1. The van der Waals surface area contributed by atoms with Gasteiger partial charge >= 0.3 is 0 Å². The first-order chi connectivity index (χ1) is 13.9. The summed E-state index contributed by atoms with van der Waals surface area (Å²) in [5.74, 6) is 0.563. The third kappa shape index (κ3) is 5.58. The lowest BCUT2D eigenvalue weighted by molar-refractivity contribution is 0.0773. The van der Waals surface area contributed by atoms with Crippen LogP contribution in [0.1, 0.15) is 29.6 Å². The molecule has 1 heterocycles. The topological polar surface area (TPSA) is 66.9 Å². The molecule has 1 fully saturated rings. The Hall–Kier alpha value is -1.90. The van der Waals surface area contributed by atoms with Crippen molar-refractivity contribution >= 4 is 31.9 Å². The van der Waals surface area contributed by atoms with E-state index in [0.717, 1.165) is 29.5 Å². The maximum atomic E-state index is 12.7. The highest BCUT2D eigenvalue weighted by Gasteiger charge is 2.26. The number of benzene rings is 2. The smallest absolute Gasteiger partial charge is 0.253 e. The van der Waals surface area contributed by atoms with Crippen LogP contribution in [0.2, 0.25) is 0 Å². The Morgan fingerprint density at radius 1 is 1.03 bits per heavy atom. The fraction of sp³-hybridized carbons (Fsp3) is 0.381. The molecule has 29 heavy (non-hydrogen) atoms. The lowest BCUT2D eigenvalue weighted by atomic mass is 10.2. The molecule has 1 aliphatic rings. The van der Waals surface area contributed by atoms with E-state index in [0.29, 0.717) is 31.8 Å². The van der Waals surface area contributed by atoms with Crippen LogP contribution >= 0.6 is 15.9 Å². The van der Waals surface area contributed by atoms with Crippen molar-refractivity contribution in [2.45, 2.75) is 24.2 Å². The number of nitrogens with zero attached hydrogens (tertiary/aromatic N) is 2. The van der Waals surface area contributed by atoms with Crippen molar-refractivity contribution in [1.82, 2.24) is 9.21 Å². The maximum absolute atomic E-state index is 12.7. The molecule has 0 saturated carbocycles. The molecule has 0 unspecified atom stereocenters. The average molecular weight is 481 g/mol. The van der Waals surface area contributed by atoms with Gasteiger partial charge < -0.3 is 9.64 Å². The number of piperidine rings is 1. The van der Waals surface area contributed by atoms with Gasteiger partial charge in [-0.15, -0.1) is 0 Å². The van der Waals surface area contributed by atoms with Gasteiger partial charge in [0, 0.05) is 30.2 Å². The van der Waals surface area contributed by atoms with Crippen LogP contribution in [-0.4, -0.2) is 56.8 Å². The third-order valence-corrected chi connectivity index (χ3v) is 7.35. The summed E-state index contributed by atoms with van der Waals surface area (Å²) in [5.41, 5.74) is 0.453. The molecule has 156 valence electrons. The highest BCUT2D eigenvalue weighted by atomic mass is 79.9. The summed E-state index contributed by atoms with van der Waals surface area (Å²) in [6, 6.07) is 13.7. The van der Waals surface area contributed by atoms with E-state index in [2.05, 4.69) is 15.9 Å². The molecule has 0 aliphatic carbocycles. The number of ether oxygens (including phenoxy) is 1. The lowest BCUT2D eigenvalue weighted by Crippen LogP contribution is -2.35. The van der Waals surface area contributed by atoms with Crippen LogP contribution in [0.25, 0.3) is 0 Å². The highest BCUT2D eigenvalue weighted by Crippen LogP contribution is 2.21. The second kappa shape index (κ2) is 9.73. The number of sulfonamides is 1. The molecule has 0 N–H and O–H groups in total. The standard InChI is InChI=1S/C21H25BrN2O4S/c1-23(15-16-28-19-9-7-18(22)8-10-19)21(25)17-5-11-20(12-6-17)29(26,27)24-13-3-2-4-14-24/h5-12H,2-4,13-16H2,1H3. The summed E-state index contributed by atoms with van der Waals surface area (Å²) in [4.78, 5) is 14.4. The van der Waals surface area contributed by atoms with Crippen LogP contribution in [0.5, 0.6) is 5.75 Å². The van der Waals surface area contributed by atoms with Crippen molar-refractivity contribution in [1.29, 1.82) is 0 Å². The Morgan fingerprint density at radius 2 is 1.66 bits per heavy atom. The Labute approximate surface area is 180 Å². The number of hydrogen-bond donors (Lipinski definition) is 0. The Morgan fingerprint density at radius 3 is 2.28 bits per heavy atom. The fourth-order valence-electron chi connectivity index (χ4n) is 3.18. The summed E-state index contributed by atoms with van der Waals surface area (Å²) >= 11 is 3.37. The van der Waals surface area contributed by atoms with Gasteiger partial charge in [-0.25, -0.2) is 8.42 Å². The molecular weight excluding hydrogens is 456 g/mol. The van der Waals surface area contributed by atoms with Gasteiger partial charge in [-0.05, 0) is 61.4 Å². The normalized spacial score (nSPS) is 15.1. The number of halogens is 1. The minimum atomic E-state index is -3.49. The summed E-state index contributed by atoms with van der Waals surface area (Å²) in [6.45, 7) is 1.91. The van der Waals surface area contributed by atoms with E-state index < -0.39 is 10.0 Å². The first-order valence-electron chi connectivity index (χ1n) is 9.62. The molecule has 1 saturated heterocycles. The predicted molar refractivity (Wildman–Crippen MR) is 116 cm³/mol. The number of amides is 1. The largest absolute Gasteiger partial charge is 0.492 e. The van der Waals surface area contributed by atoms with Crippen molar-refractivity contribution in [2.75, 3.05) is 33.3 Å². The van der Waals surface area contributed by atoms with Crippen molar-refractivity contribution in [3.63, 3.8) is 0 Å². The first-order valence-corrected chi connectivity index (χ1v) is 11.9. The zero-order valence-corrected chi connectivity index (χ0v) is 18.8.